The maximum atomic E-state index is 15.5. The van der Waals surface area contributed by atoms with Gasteiger partial charge in [-0.3, -0.25) is 4.79 Å². The number of halogens is 4. The van der Waals surface area contributed by atoms with Crippen LogP contribution in [0.4, 0.5) is 14.9 Å². The number of nitrogens with one attached hydrogen (secondary N) is 2. The van der Waals surface area contributed by atoms with E-state index in [1.165, 1.54) is 12.3 Å². The van der Waals surface area contributed by atoms with Crippen molar-refractivity contribution in [2.75, 3.05) is 18.0 Å². The first kappa shape index (κ1) is 26.1. The number of hydrogen-bond acceptors (Lipinski definition) is 5. The number of hydrogen-bond donors (Lipinski definition) is 2. The maximum absolute atomic E-state index is 15.5. The summed E-state index contributed by atoms with van der Waals surface area (Å²) in [4.78, 5) is 27.8. The molecule has 0 spiro atoms. The first-order chi connectivity index (χ1) is 17.6. The Kier molecular flexibility index (Phi) is 7.29. The lowest BCUT2D eigenvalue weighted by atomic mass is 10.1. The number of pyridine rings is 1. The minimum absolute atomic E-state index is 0.0698. The van der Waals surface area contributed by atoms with Gasteiger partial charge in [-0.1, -0.05) is 40.9 Å². The fourth-order valence-corrected chi connectivity index (χ4v) is 5.77. The van der Waals surface area contributed by atoms with E-state index >= 15 is 4.39 Å². The van der Waals surface area contributed by atoms with Crippen LogP contribution >= 0.6 is 34.8 Å². The van der Waals surface area contributed by atoms with Crippen LogP contribution in [0, 0.1) is 5.82 Å². The normalized spacial score (nSPS) is 19.8. The minimum Gasteiger partial charge on any atom is -0.405 e. The molecule has 1 aromatic heterocycles. The Hall–Kier alpha value is -2.52. The van der Waals surface area contributed by atoms with E-state index in [4.69, 9.17) is 39.5 Å². The van der Waals surface area contributed by atoms with Crippen molar-refractivity contribution in [1.29, 1.82) is 0 Å². The van der Waals surface area contributed by atoms with Crippen molar-refractivity contribution in [3.63, 3.8) is 0 Å². The molecule has 7 nitrogen and oxygen atoms in total. The molecule has 196 valence electrons. The minimum atomic E-state index is -0.836. The van der Waals surface area contributed by atoms with Crippen LogP contribution in [0.15, 0.2) is 35.3 Å². The summed E-state index contributed by atoms with van der Waals surface area (Å²) in [6.07, 6.45) is 2.41. The van der Waals surface area contributed by atoms with Crippen LogP contribution in [0.25, 0.3) is 10.9 Å². The summed E-state index contributed by atoms with van der Waals surface area (Å²) in [6.45, 7) is 5.30. The second kappa shape index (κ2) is 10.3. The molecule has 2 aromatic carbocycles. The smallest absolute Gasteiger partial charge is 0.405 e. The number of ether oxygens (including phenoxy) is 1. The average Bonchev–Trinajstić information content (AvgIpc) is 3.65. The molecule has 1 saturated heterocycles. The molecule has 1 aliphatic heterocycles. The number of aromatic nitrogens is 1. The van der Waals surface area contributed by atoms with Gasteiger partial charge in [0, 0.05) is 47.8 Å². The summed E-state index contributed by atoms with van der Waals surface area (Å²) < 4.78 is 22.7. The van der Waals surface area contributed by atoms with Gasteiger partial charge < -0.3 is 24.8 Å². The number of amides is 1. The third-order valence-electron chi connectivity index (χ3n) is 6.61. The summed E-state index contributed by atoms with van der Waals surface area (Å²) in [7, 11) is 0. The van der Waals surface area contributed by atoms with Crippen molar-refractivity contribution in [3.05, 3.63) is 67.1 Å². The predicted octanol–water partition coefficient (Wildman–Crippen LogP) is 5.91. The largest absolute Gasteiger partial charge is 0.413 e. The summed E-state index contributed by atoms with van der Waals surface area (Å²) in [5.74, 6) is -0.788. The molecule has 0 radical (unpaired) electrons. The molecule has 2 aliphatic rings. The maximum Gasteiger partial charge on any atom is 0.413 e. The zero-order chi connectivity index (χ0) is 26.4. The third-order valence-corrected chi connectivity index (χ3v) is 7.55. The molecular weight excluding hydrogens is 542 g/mol. The van der Waals surface area contributed by atoms with E-state index in [9.17, 15) is 9.59 Å². The van der Waals surface area contributed by atoms with Gasteiger partial charge in [-0.15, -0.1) is 0 Å². The fourth-order valence-electron chi connectivity index (χ4n) is 4.89. The lowest BCUT2D eigenvalue weighted by Gasteiger charge is -2.38. The fraction of sp³-hybridized carbons (Fsp3) is 0.385. The van der Waals surface area contributed by atoms with Gasteiger partial charge in [0.05, 0.1) is 27.8 Å². The summed E-state index contributed by atoms with van der Waals surface area (Å²) >= 11 is 18.9. The molecule has 2 unspecified atom stereocenters. The Bertz CT molecular complexity index is 1430. The Balaban J connectivity index is 1.48. The van der Waals surface area contributed by atoms with E-state index in [1.807, 2.05) is 23.3 Å². The zero-order valence-corrected chi connectivity index (χ0v) is 22.6. The van der Waals surface area contributed by atoms with E-state index in [1.54, 1.807) is 18.2 Å². The Morgan fingerprint density at radius 1 is 1.16 bits per heavy atom. The summed E-state index contributed by atoms with van der Waals surface area (Å²) in [6, 6.07) is 6.49. The molecular formula is C26H26Cl3FN4O3. The number of carbonyl (C=O) groups is 1. The Labute approximate surface area is 228 Å². The molecule has 37 heavy (non-hydrogen) atoms. The number of anilines is 1. The van der Waals surface area contributed by atoms with Crippen molar-refractivity contribution in [3.8, 4) is 5.75 Å². The van der Waals surface area contributed by atoms with Crippen molar-refractivity contribution in [2.24, 2.45) is 0 Å². The molecule has 0 bridgehead atoms. The van der Waals surface area contributed by atoms with Crippen molar-refractivity contribution in [1.82, 2.24) is 15.2 Å². The van der Waals surface area contributed by atoms with Gasteiger partial charge >= 0.3 is 6.09 Å². The van der Waals surface area contributed by atoms with Gasteiger partial charge in [0.1, 0.15) is 5.82 Å². The van der Waals surface area contributed by atoms with Gasteiger partial charge in [-0.25, -0.2) is 9.18 Å². The highest BCUT2D eigenvalue weighted by molar-refractivity contribution is 6.38. The molecule has 11 heteroatoms. The SMILES string of the molecule is CC1CN(c2c(F)cc3c(=O)c(OC(=O)NCc4ccc(Cl)cc4Cl)cn(C4CC4)c3c2Cl)CC(C)N1. The highest BCUT2D eigenvalue weighted by Crippen LogP contribution is 2.43. The quantitative estimate of drug-likeness (QED) is 0.401. The van der Waals surface area contributed by atoms with Crippen LogP contribution in [0.2, 0.25) is 15.1 Å². The second-order valence-electron chi connectivity index (χ2n) is 9.73. The average molecular weight is 568 g/mol. The van der Waals surface area contributed by atoms with E-state index in [0.717, 1.165) is 12.8 Å². The van der Waals surface area contributed by atoms with E-state index in [-0.39, 0.29) is 46.5 Å². The first-order valence-electron chi connectivity index (χ1n) is 12.1. The number of fused-ring (bicyclic) bond motifs is 1. The van der Waals surface area contributed by atoms with Crippen molar-refractivity contribution < 1.29 is 13.9 Å². The highest BCUT2D eigenvalue weighted by Gasteiger charge is 2.31. The molecule has 5 rings (SSSR count). The number of rotatable bonds is 5. The van der Waals surface area contributed by atoms with Crippen LogP contribution in [-0.2, 0) is 6.54 Å². The molecule has 1 aliphatic carbocycles. The van der Waals surface area contributed by atoms with E-state index in [2.05, 4.69) is 10.6 Å². The van der Waals surface area contributed by atoms with E-state index in [0.29, 0.717) is 34.2 Å². The predicted molar refractivity (Wildman–Crippen MR) is 145 cm³/mol. The molecule has 2 atom stereocenters. The van der Waals surface area contributed by atoms with Gasteiger partial charge in [0.25, 0.3) is 0 Å². The first-order valence-corrected chi connectivity index (χ1v) is 13.2. The number of carbonyl (C=O) groups excluding carboxylic acids is 1. The Morgan fingerprint density at radius 3 is 2.51 bits per heavy atom. The van der Waals surface area contributed by atoms with Crippen LogP contribution in [0.3, 0.4) is 0 Å². The molecule has 2 heterocycles. The molecule has 1 saturated carbocycles. The van der Waals surface area contributed by atoms with Crippen molar-refractivity contribution >= 4 is 57.5 Å². The van der Waals surface area contributed by atoms with Crippen LogP contribution < -0.4 is 25.7 Å². The third kappa shape index (κ3) is 5.39. The standard InChI is InChI=1S/C26H26Cl3FN4O3/c1-13-10-33(11-14(2)32-13)24-20(30)8-18-23(22(24)29)34(17-5-6-17)12-21(25(18)35)37-26(36)31-9-15-3-4-16(27)7-19(15)28/h3-4,7-8,12-14,17,32H,5-6,9-11H2,1-2H3,(H,31,36). The monoisotopic (exact) mass is 566 g/mol. The van der Waals surface area contributed by atoms with Crippen molar-refractivity contribution in [2.45, 2.75) is 51.4 Å². The molecule has 3 aromatic rings. The lowest BCUT2D eigenvalue weighted by Crippen LogP contribution is -2.54. The second-order valence-corrected chi connectivity index (χ2v) is 11.0. The van der Waals surface area contributed by atoms with E-state index < -0.39 is 17.3 Å². The number of piperazine rings is 1. The topological polar surface area (TPSA) is 75.6 Å². The van der Waals surface area contributed by atoms with Crippen LogP contribution in [-0.4, -0.2) is 35.8 Å². The Morgan fingerprint density at radius 2 is 1.86 bits per heavy atom. The van der Waals surface area contributed by atoms with Crippen LogP contribution in [0.1, 0.15) is 38.3 Å². The number of nitrogens with zero attached hydrogens (tertiary/aromatic N) is 2. The summed E-state index contributed by atoms with van der Waals surface area (Å²) in [5, 5.41) is 7.13. The summed E-state index contributed by atoms with van der Waals surface area (Å²) in [5.41, 5.74) is 0.760. The van der Waals surface area contributed by atoms with Gasteiger partial charge in [-0.2, -0.15) is 0 Å². The molecule has 2 fully saturated rings. The van der Waals surface area contributed by atoms with Gasteiger partial charge in [-0.05, 0) is 50.5 Å². The zero-order valence-electron chi connectivity index (χ0n) is 20.3. The highest BCUT2D eigenvalue weighted by atomic mass is 35.5. The van der Waals surface area contributed by atoms with Gasteiger partial charge in [0.2, 0.25) is 5.43 Å². The van der Waals surface area contributed by atoms with Crippen LogP contribution in [0.5, 0.6) is 5.75 Å². The number of benzene rings is 2. The molecule has 1 amide bonds. The lowest BCUT2D eigenvalue weighted by molar-refractivity contribution is 0.199. The molecule has 2 N–H and O–H groups in total. The van der Waals surface area contributed by atoms with Gasteiger partial charge in [0.15, 0.2) is 5.75 Å².